The molecule has 0 saturated heterocycles. The van der Waals surface area contributed by atoms with E-state index in [0.29, 0.717) is 17.2 Å². The highest BCUT2D eigenvalue weighted by molar-refractivity contribution is 14.1. The van der Waals surface area contributed by atoms with Crippen LogP contribution in [0.2, 0.25) is 0 Å². The van der Waals surface area contributed by atoms with Crippen LogP contribution in [0.15, 0.2) is 24.3 Å². The normalized spacial score (nSPS) is 10.3. The van der Waals surface area contributed by atoms with Gasteiger partial charge in [-0.2, -0.15) is 0 Å². The van der Waals surface area contributed by atoms with Gasteiger partial charge < -0.3 is 5.73 Å². The second-order valence-corrected chi connectivity index (χ2v) is 4.71. The van der Waals surface area contributed by atoms with E-state index < -0.39 is 4.92 Å². The van der Waals surface area contributed by atoms with Gasteiger partial charge >= 0.3 is 0 Å². The molecule has 0 fully saturated rings. The van der Waals surface area contributed by atoms with Gasteiger partial charge in [0.2, 0.25) is 0 Å². The minimum absolute atomic E-state index is 0.0361. The van der Waals surface area contributed by atoms with Gasteiger partial charge in [-0.05, 0) is 41.6 Å². The number of benzene rings is 1. The third kappa shape index (κ3) is 2.40. The number of nitrogens with zero attached hydrogens (tertiary/aromatic N) is 3. The van der Waals surface area contributed by atoms with Crippen molar-refractivity contribution in [2.24, 2.45) is 0 Å². The first-order valence-corrected chi connectivity index (χ1v) is 6.11. The summed E-state index contributed by atoms with van der Waals surface area (Å²) in [5.41, 5.74) is 7.30. The maximum absolute atomic E-state index is 10.6. The molecule has 6 nitrogen and oxygen atoms in total. The standard InChI is InChI=1S/C11H9IN4O2/c1-6-9(12)10(13)15-11(14-6)7-2-4-8(5-3-7)16(17)18/h2-5H,1H3,(H2,13,14,15). The fraction of sp³-hybridized carbons (Fsp3) is 0.0909. The molecule has 0 atom stereocenters. The maximum atomic E-state index is 10.6. The van der Waals surface area contributed by atoms with E-state index in [4.69, 9.17) is 5.73 Å². The average molecular weight is 356 g/mol. The minimum atomic E-state index is -0.446. The van der Waals surface area contributed by atoms with Crippen molar-refractivity contribution in [2.45, 2.75) is 6.92 Å². The molecule has 7 heteroatoms. The predicted molar refractivity (Wildman–Crippen MR) is 76.0 cm³/mol. The van der Waals surface area contributed by atoms with Gasteiger partial charge in [-0.15, -0.1) is 0 Å². The van der Waals surface area contributed by atoms with Crippen LogP contribution in [0.5, 0.6) is 0 Å². The Bertz CT molecular complexity index is 590. The zero-order chi connectivity index (χ0) is 13.3. The van der Waals surface area contributed by atoms with E-state index in [1.165, 1.54) is 12.1 Å². The number of rotatable bonds is 2. The molecule has 0 bridgehead atoms. The average Bonchev–Trinajstić information content (AvgIpc) is 2.35. The summed E-state index contributed by atoms with van der Waals surface area (Å²) in [4.78, 5) is 18.6. The predicted octanol–water partition coefficient (Wildman–Crippen LogP) is 2.55. The number of halogens is 1. The Kier molecular flexibility index (Phi) is 3.41. The first-order valence-electron chi connectivity index (χ1n) is 5.03. The lowest BCUT2D eigenvalue weighted by Gasteiger charge is -2.05. The molecule has 0 spiro atoms. The number of nitro benzene ring substituents is 1. The molecule has 1 aromatic heterocycles. The number of hydrogen-bond donors (Lipinski definition) is 1. The summed E-state index contributed by atoms with van der Waals surface area (Å²) in [5.74, 6) is 0.886. The summed E-state index contributed by atoms with van der Waals surface area (Å²) in [5, 5.41) is 10.6. The third-order valence-electron chi connectivity index (χ3n) is 2.38. The topological polar surface area (TPSA) is 94.9 Å². The Morgan fingerprint density at radius 2 is 1.89 bits per heavy atom. The summed E-state index contributed by atoms with van der Waals surface area (Å²) < 4.78 is 0.818. The van der Waals surface area contributed by atoms with Crippen molar-refractivity contribution in [3.8, 4) is 11.4 Å². The van der Waals surface area contributed by atoms with Gasteiger partial charge in [0.15, 0.2) is 5.82 Å². The number of nitro groups is 1. The molecular formula is C11H9IN4O2. The molecule has 0 saturated carbocycles. The van der Waals surface area contributed by atoms with Crippen LogP contribution in [0.4, 0.5) is 11.5 Å². The second-order valence-electron chi connectivity index (χ2n) is 3.64. The van der Waals surface area contributed by atoms with Gasteiger partial charge in [0.25, 0.3) is 5.69 Å². The monoisotopic (exact) mass is 356 g/mol. The molecule has 2 aromatic rings. The smallest absolute Gasteiger partial charge is 0.269 e. The molecule has 1 heterocycles. The first-order chi connectivity index (χ1) is 8.49. The number of aryl methyl sites for hydroxylation is 1. The summed E-state index contributed by atoms with van der Waals surface area (Å²) in [6, 6.07) is 6.06. The van der Waals surface area contributed by atoms with Gasteiger partial charge in [-0.3, -0.25) is 10.1 Å². The number of anilines is 1. The second kappa shape index (κ2) is 4.84. The molecule has 92 valence electrons. The molecule has 0 aliphatic heterocycles. The van der Waals surface area contributed by atoms with Crippen LogP contribution in [0.25, 0.3) is 11.4 Å². The van der Waals surface area contributed by atoms with Crippen LogP contribution >= 0.6 is 22.6 Å². The minimum Gasteiger partial charge on any atom is -0.383 e. The van der Waals surface area contributed by atoms with E-state index >= 15 is 0 Å². The van der Waals surface area contributed by atoms with Crippen molar-refractivity contribution in [1.29, 1.82) is 0 Å². The molecule has 0 amide bonds. The van der Waals surface area contributed by atoms with E-state index in [9.17, 15) is 10.1 Å². The Morgan fingerprint density at radius 3 is 2.39 bits per heavy atom. The number of hydrogen-bond acceptors (Lipinski definition) is 5. The third-order valence-corrected chi connectivity index (χ3v) is 3.71. The quantitative estimate of drug-likeness (QED) is 0.507. The lowest BCUT2D eigenvalue weighted by Crippen LogP contribution is -2.02. The van der Waals surface area contributed by atoms with Crippen LogP contribution < -0.4 is 5.73 Å². The SMILES string of the molecule is Cc1nc(-c2ccc([N+](=O)[O-])cc2)nc(N)c1I. The van der Waals surface area contributed by atoms with Crippen LogP contribution in [0, 0.1) is 20.6 Å². The number of nitrogen functional groups attached to an aromatic ring is 1. The maximum Gasteiger partial charge on any atom is 0.269 e. The fourth-order valence-corrected chi connectivity index (χ4v) is 1.68. The molecule has 18 heavy (non-hydrogen) atoms. The van der Waals surface area contributed by atoms with Crippen molar-refractivity contribution in [1.82, 2.24) is 9.97 Å². The van der Waals surface area contributed by atoms with Crippen molar-refractivity contribution in [2.75, 3.05) is 5.73 Å². The van der Waals surface area contributed by atoms with E-state index in [0.717, 1.165) is 9.26 Å². The molecule has 0 aliphatic rings. The molecule has 1 aromatic carbocycles. The van der Waals surface area contributed by atoms with Gasteiger partial charge in [0.1, 0.15) is 5.82 Å². The van der Waals surface area contributed by atoms with Crippen LogP contribution in [0.1, 0.15) is 5.69 Å². The molecule has 2 N–H and O–H groups in total. The Hall–Kier alpha value is -1.77. The summed E-state index contributed by atoms with van der Waals surface area (Å²) in [6.45, 7) is 1.84. The largest absolute Gasteiger partial charge is 0.383 e. The van der Waals surface area contributed by atoms with Crippen molar-refractivity contribution >= 4 is 34.1 Å². The zero-order valence-electron chi connectivity index (χ0n) is 9.42. The van der Waals surface area contributed by atoms with Crippen LogP contribution in [-0.4, -0.2) is 14.9 Å². The molecule has 0 aliphatic carbocycles. The Balaban J connectivity index is 2.46. The first kappa shape index (κ1) is 12.7. The number of non-ortho nitro benzene ring substituents is 1. The van der Waals surface area contributed by atoms with E-state index in [2.05, 4.69) is 32.6 Å². The highest BCUT2D eigenvalue weighted by Gasteiger charge is 2.10. The van der Waals surface area contributed by atoms with Gasteiger partial charge in [0.05, 0.1) is 14.2 Å². The highest BCUT2D eigenvalue weighted by atomic mass is 127. The van der Waals surface area contributed by atoms with Crippen LogP contribution in [0.3, 0.4) is 0 Å². The summed E-state index contributed by atoms with van der Waals surface area (Å²) in [7, 11) is 0. The van der Waals surface area contributed by atoms with E-state index in [-0.39, 0.29) is 5.69 Å². The van der Waals surface area contributed by atoms with Gasteiger partial charge in [0, 0.05) is 17.7 Å². The van der Waals surface area contributed by atoms with E-state index in [1.54, 1.807) is 12.1 Å². The van der Waals surface area contributed by atoms with Crippen molar-refractivity contribution in [3.05, 3.63) is 43.6 Å². The zero-order valence-corrected chi connectivity index (χ0v) is 11.6. The molecule has 0 unspecified atom stereocenters. The van der Waals surface area contributed by atoms with E-state index in [1.807, 2.05) is 6.92 Å². The molecule has 0 radical (unpaired) electrons. The highest BCUT2D eigenvalue weighted by Crippen LogP contribution is 2.23. The number of aromatic nitrogens is 2. The van der Waals surface area contributed by atoms with Gasteiger partial charge in [-0.1, -0.05) is 0 Å². The fourth-order valence-electron chi connectivity index (χ4n) is 1.44. The molecular weight excluding hydrogens is 347 g/mol. The Morgan fingerprint density at radius 1 is 1.28 bits per heavy atom. The van der Waals surface area contributed by atoms with Crippen LogP contribution in [-0.2, 0) is 0 Å². The lowest BCUT2D eigenvalue weighted by molar-refractivity contribution is -0.384. The summed E-state index contributed by atoms with van der Waals surface area (Å²) in [6.07, 6.45) is 0. The summed E-state index contributed by atoms with van der Waals surface area (Å²) >= 11 is 2.08. The van der Waals surface area contributed by atoms with Crippen molar-refractivity contribution in [3.63, 3.8) is 0 Å². The van der Waals surface area contributed by atoms with Gasteiger partial charge in [-0.25, -0.2) is 9.97 Å². The number of nitrogens with two attached hydrogens (primary N) is 1. The Labute approximate surface area is 117 Å². The molecule has 2 rings (SSSR count). The van der Waals surface area contributed by atoms with Crippen molar-refractivity contribution < 1.29 is 4.92 Å². The lowest BCUT2D eigenvalue weighted by atomic mass is 10.2.